The lowest BCUT2D eigenvalue weighted by atomic mass is 13.9. The van der Waals surface area contributed by atoms with Crippen molar-refractivity contribution in [3.8, 4) is 0 Å². The molecule has 0 aromatic carbocycles. The zero-order chi connectivity index (χ0) is 6.78. The van der Waals surface area contributed by atoms with Crippen LogP contribution in [-0.2, 0) is 15.8 Å². The number of halogens is 2. The Labute approximate surface area is 46.4 Å². The van der Waals surface area contributed by atoms with Crippen molar-refractivity contribution in [2.24, 2.45) is 0 Å². The van der Waals surface area contributed by atoms with E-state index < -0.39 is 19.2 Å². The predicted octanol–water partition coefficient (Wildman–Crippen LogP) is 0.417. The molecule has 0 heterocycles. The lowest BCUT2D eigenvalue weighted by Gasteiger charge is -2.02. The normalized spacial score (nSPS) is 15.9. The average molecular weight is 164 g/mol. The van der Waals surface area contributed by atoms with Gasteiger partial charge in [0, 0.05) is 11.3 Å². The Balaban J connectivity index is 3.74. The van der Waals surface area contributed by atoms with Crippen LogP contribution in [0.1, 0.15) is 0 Å². The van der Waals surface area contributed by atoms with E-state index in [1.165, 1.54) is 0 Å². The van der Waals surface area contributed by atoms with Crippen LogP contribution < -0.4 is 4.49 Å². The van der Waals surface area contributed by atoms with E-state index in [-0.39, 0.29) is 0 Å². The van der Waals surface area contributed by atoms with Gasteiger partial charge in [-0.05, 0) is 0 Å². The maximum Gasteiger partial charge on any atom is 0.491 e. The van der Waals surface area contributed by atoms with Crippen LogP contribution >= 0.6 is 7.91 Å². The van der Waals surface area contributed by atoms with Gasteiger partial charge in [-0.3, -0.25) is 4.21 Å². The monoisotopic (exact) mass is 164 g/mol. The van der Waals surface area contributed by atoms with Crippen molar-refractivity contribution in [2.75, 3.05) is 0 Å². The van der Waals surface area contributed by atoms with Crippen molar-refractivity contribution < 1.29 is 21.7 Å². The third kappa shape index (κ3) is 6.16. The van der Waals surface area contributed by atoms with E-state index in [0.717, 1.165) is 0 Å². The largest absolute Gasteiger partial charge is 0.759 e. The van der Waals surface area contributed by atoms with Gasteiger partial charge in [-0.2, -0.15) is 0 Å². The van der Waals surface area contributed by atoms with E-state index in [1.807, 2.05) is 0 Å². The van der Waals surface area contributed by atoms with Crippen LogP contribution in [-0.4, -0.2) is 8.76 Å². The molecule has 0 aromatic heterocycles. The minimum absolute atomic E-state index is 0.521. The van der Waals surface area contributed by atoms with E-state index in [0.29, 0.717) is 4.49 Å². The topological polar surface area (TPSA) is 69.2 Å². The summed E-state index contributed by atoms with van der Waals surface area (Å²) in [4.78, 5) is 0. The van der Waals surface area contributed by atoms with Crippen LogP contribution in [0.25, 0.3) is 0 Å². The molecule has 50 valence electrons. The van der Waals surface area contributed by atoms with Crippen molar-refractivity contribution in [2.45, 2.75) is 0 Å². The Kier molecular flexibility index (Phi) is 2.68. The fourth-order valence-corrected chi connectivity index (χ4v) is 0.781. The first-order valence-electron chi connectivity index (χ1n) is 1.28. The summed E-state index contributed by atoms with van der Waals surface area (Å²) >= 11 is -3.15. The van der Waals surface area contributed by atoms with Crippen LogP contribution in [0, 0.1) is 0 Å². The number of rotatable bonds is 2. The van der Waals surface area contributed by atoms with Gasteiger partial charge in [0.1, 0.15) is 0 Å². The van der Waals surface area contributed by atoms with Gasteiger partial charge in [-0.1, -0.05) is 0 Å². The van der Waals surface area contributed by atoms with Crippen molar-refractivity contribution >= 4 is 19.2 Å². The highest BCUT2D eigenvalue weighted by Crippen LogP contribution is 2.44. The van der Waals surface area contributed by atoms with E-state index >= 15 is 0 Å². The molecule has 0 saturated heterocycles. The summed E-state index contributed by atoms with van der Waals surface area (Å²) in [6.07, 6.45) is 0. The predicted molar refractivity (Wildman–Crippen MR) is 21.9 cm³/mol. The maximum atomic E-state index is 11.0. The Morgan fingerprint density at radius 2 is 2.00 bits per heavy atom. The fourth-order valence-electron chi connectivity index (χ4n) is 0.0868. The second-order valence-electron chi connectivity index (χ2n) is 0.788. The molecule has 0 bridgehead atoms. The zero-order valence-electron chi connectivity index (χ0n) is 3.34. The number of hydrogen-bond donors (Lipinski definition) is 1. The summed E-state index contributed by atoms with van der Waals surface area (Å²) in [5.41, 5.74) is 0. The molecule has 1 atom stereocenters. The van der Waals surface area contributed by atoms with Crippen LogP contribution in [0.5, 0.6) is 0 Å². The Bertz CT molecular complexity index is 140. The van der Waals surface area contributed by atoms with E-state index in [2.05, 4.69) is 0 Å². The standard InChI is InChI=1S/F2H2NO3PS/c1-7(2,4)3-8(5)6/h(H,3,4)(H,5,6)/p-1. The van der Waals surface area contributed by atoms with E-state index in [1.54, 1.807) is 0 Å². The van der Waals surface area contributed by atoms with Crippen LogP contribution in [0.2, 0.25) is 0 Å². The molecule has 8 heteroatoms. The van der Waals surface area contributed by atoms with Crippen LogP contribution in [0.15, 0.2) is 0 Å². The summed E-state index contributed by atoms with van der Waals surface area (Å²) in [6, 6.07) is 0. The summed E-state index contributed by atoms with van der Waals surface area (Å²) in [5.74, 6) is 0. The summed E-state index contributed by atoms with van der Waals surface area (Å²) in [6.45, 7) is 0. The first kappa shape index (κ1) is 8.16. The molecule has 0 aliphatic carbocycles. The maximum absolute atomic E-state index is 11.0. The zero-order valence-corrected chi connectivity index (χ0v) is 5.05. The lowest BCUT2D eigenvalue weighted by molar-refractivity contribution is 0.482. The van der Waals surface area contributed by atoms with Crippen molar-refractivity contribution in [3.63, 3.8) is 0 Å². The third-order valence-electron chi connectivity index (χ3n) is 0.181. The van der Waals surface area contributed by atoms with E-state index in [4.69, 9.17) is 0 Å². The lowest BCUT2D eigenvalue weighted by Crippen LogP contribution is -2.07. The molecule has 0 rings (SSSR count). The molecule has 0 saturated carbocycles. The Hall–Kier alpha value is 0.160. The first-order chi connectivity index (χ1) is 3.42. The molecule has 1 unspecified atom stereocenters. The highest BCUT2D eigenvalue weighted by Gasteiger charge is 2.17. The molecule has 0 radical (unpaired) electrons. The molecular formula is HF2NO3PS-. The van der Waals surface area contributed by atoms with Crippen molar-refractivity contribution in [1.29, 1.82) is 0 Å². The molecular weight excluding hydrogens is 163 g/mol. The highest BCUT2D eigenvalue weighted by atomic mass is 32.2. The number of hydrogen-bond acceptors (Lipinski definition) is 3. The minimum Gasteiger partial charge on any atom is -0.759 e. The van der Waals surface area contributed by atoms with Crippen LogP contribution in [0.4, 0.5) is 8.39 Å². The summed E-state index contributed by atoms with van der Waals surface area (Å²) in [5, 5.41) is 0. The second kappa shape index (κ2) is 2.63. The van der Waals surface area contributed by atoms with E-state index in [9.17, 15) is 21.7 Å². The fraction of sp³-hybridized carbons (Fsp3) is 0. The third-order valence-corrected chi connectivity index (χ3v) is 1.63. The van der Waals surface area contributed by atoms with Gasteiger partial charge in [-0.25, -0.2) is 4.57 Å². The number of nitrogens with one attached hydrogen (secondary N) is 1. The molecule has 0 amide bonds. The van der Waals surface area contributed by atoms with Gasteiger partial charge < -0.3 is 4.55 Å². The molecule has 0 spiro atoms. The smallest absolute Gasteiger partial charge is 0.491 e. The van der Waals surface area contributed by atoms with Gasteiger partial charge in [-0.15, -0.1) is 12.9 Å². The highest BCUT2D eigenvalue weighted by molar-refractivity contribution is 7.84. The van der Waals surface area contributed by atoms with Gasteiger partial charge in [0.2, 0.25) is 0 Å². The Morgan fingerprint density at radius 1 is 1.62 bits per heavy atom. The van der Waals surface area contributed by atoms with Crippen molar-refractivity contribution in [3.05, 3.63) is 0 Å². The Morgan fingerprint density at radius 3 is 2.00 bits per heavy atom. The quantitative estimate of drug-likeness (QED) is 0.474. The summed E-state index contributed by atoms with van der Waals surface area (Å²) < 4.78 is 50.3. The van der Waals surface area contributed by atoms with Gasteiger partial charge >= 0.3 is 7.91 Å². The van der Waals surface area contributed by atoms with Gasteiger partial charge in [0.15, 0.2) is 0 Å². The molecule has 0 aliphatic rings. The molecule has 8 heavy (non-hydrogen) atoms. The molecule has 0 aromatic rings. The second-order valence-corrected chi connectivity index (χ2v) is 2.91. The SMILES string of the molecule is O=S([O-])NP(=O)(F)F. The van der Waals surface area contributed by atoms with Crippen molar-refractivity contribution in [1.82, 2.24) is 4.49 Å². The minimum atomic E-state index is -5.58. The molecule has 0 fully saturated rings. The average Bonchev–Trinajstić information content (AvgIpc) is 1.21. The molecule has 1 N–H and O–H groups in total. The molecule has 4 nitrogen and oxygen atoms in total. The molecule has 0 aliphatic heterocycles. The van der Waals surface area contributed by atoms with Gasteiger partial charge in [0.25, 0.3) is 0 Å². The first-order valence-corrected chi connectivity index (χ1v) is 3.85. The van der Waals surface area contributed by atoms with Gasteiger partial charge in [0.05, 0.1) is 0 Å². The summed E-state index contributed by atoms with van der Waals surface area (Å²) in [7, 11) is -5.58. The van der Waals surface area contributed by atoms with Crippen LogP contribution in [0.3, 0.4) is 0 Å².